The molecule has 2 aliphatic rings. The molecule has 0 aromatic carbocycles. The van der Waals surface area contributed by atoms with Crippen molar-refractivity contribution in [2.24, 2.45) is 4.99 Å². The summed E-state index contributed by atoms with van der Waals surface area (Å²) in [4.78, 5) is 8.82. The third-order valence-electron chi connectivity index (χ3n) is 5.57. The zero-order chi connectivity index (χ0) is 19.2. The number of nitrogens with one attached hydrogen (secondary N) is 2. The van der Waals surface area contributed by atoms with Gasteiger partial charge in [0, 0.05) is 30.9 Å². The minimum atomic E-state index is 0. The molecule has 0 saturated carbocycles. The van der Waals surface area contributed by atoms with E-state index in [-0.39, 0.29) is 24.0 Å². The number of thiophene rings is 1. The van der Waals surface area contributed by atoms with Crippen molar-refractivity contribution >= 4 is 41.3 Å². The van der Waals surface area contributed by atoms with Crippen LogP contribution in [-0.4, -0.2) is 51.8 Å². The maximum Gasteiger partial charge on any atom is 0.191 e. The summed E-state index contributed by atoms with van der Waals surface area (Å²) in [6, 6.07) is 4.81. The van der Waals surface area contributed by atoms with Gasteiger partial charge in [-0.05, 0) is 57.1 Å². The summed E-state index contributed by atoms with van der Waals surface area (Å²) >= 11 is 1.85. The number of aliphatic imine (C=N–C) groups is 1. The Kier molecular flexibility index (Phi) is 8.73. The Morgan fingerprint density at radius 2 is 2.00 bits per heavy atom. The molecule has 4 rings (SSSR count). The summed E-state index contributed by atoms with van der Waals surface area (Å²) < 4.78 is 2.25. The molecule has 0 aliphatic carbocycles. The molecule has 1 fully saturated rings. The fourth-order valence-electron chi connectivity index (χ4n) is 4.11. The molecule has 2 aromatic heterocycles. The molecule has 2 aliphatic heterocycles. The molecule has 1 atom stereocenters. The minimum Gasteiger partial charge on any atom is -0.357 e. The van der Waals surface area contributed by atoms with Gasteiger partial charge in [-0.1, -0.05) is 6.07 Å². The van der Waals surface area contributed by atoms with Gasteiger partial charge in [0.05, 0.1) is 6.04 Å². The maximum atomic E-state index is 4.80. The van der Waals surface area contributed by atoms with Gasteiger partial charge in [0.1, 0.15) is 12.4 Å². The van der Waals surface area contributed by atoms with Gasteiger partial charge in [-0.15, -0.1) is 45.5 Å². The highest BCUT2D eigenvalue weighted by molar-refractivity contribution is 14.0. The second kappa shape index (κ2) is 11.3. The number of aryl methyl sites for hydroxylation is 1. The number of guanidine groups is 1. The molecule has 0 radical (unpaired) electrons. The van der Waals surface area contributed by atoms with E-state index >= 15 is 0 Å². The Morgan fingerprint density at radius 1 is 1.17 bits per heavy atom. The van der Waals surface area contributed by atoms with Gasteiger partial charge in [-0.25, -0.2) is 4.99 Å². The van der Waals surface area contributed by atoms with Crippen molar-refractivity contribution in [3.63, 3.8) is 0 Å². The number of halogens is 1. The van der Waals surface area contributed by atoms with Crippen LogP contribution in [0, 0.1) is 0 Å². The van der Waals surface area contributed by atoms with E-state index < -0.39 is 0 Å². The largest absolute Gasteiger partial charge is 0.357 e. The van der Waals surface area contributed by atoms with Crippen LogP contribution < -0.4 is 10.6 Å². The number of nitrogens with zero attached hydrogens (tertiary/aromatic N) is 5. The topological polar surface area (TPSA) is 70.4 Å². The number of aromatic nitrogens is 3. The lowest BCUT2D eigenvalue weighted by atomic mass is 10.2. The molecule has 0 amide bonds. The van der Waals surface area contributed by atoms with E-state index in [0.717, 1.165) is 43.7 Å². The van der Waals surface area contributed by atoms with Gasteiger partial charge in [0.15, 0.2) is 11.8 Å². The number of likely N-dealkylation sites (tertiary alicyclic amines) is 1. The molecule has 7 nitrogen and oxygen atoms in total. The highest BCUT2D eigenvalue weighted by Gasteiger charge is 2.24. The quantitative estimate of drug-likeness (QED) is 0.328. The van der Waals surface area contributed by atoms with Crippen molar-refractivity contribution in [3.05, 3.63) is 34.0 Å². The Bertz CT molecular complexity index is 768. The van der Waals surface area contributed by atoms with Crippen LogP contribution in [0.3, 0.4) is 0 Å². The average Bonchev–Trinajstić information content (AvgIpc) is 3.48. The standard InChI is InChI=1S/C20H31N7S.HI/c1-2-21-20(23-15-19-25-24-18-9-3-4-12-27(18)19)22-14-16(17-8-7-13-28-17)26-10-5-6-11-26;/h7-8,13,16H,2-6,9-12,14-15H2,1H3,(H2,21,22,23);1H. The first-order chi connectivity index (χ1) is 13.8. The van der Waals surface area contributed by atoms with E-state index in [4.69, 9.17) is 4.99 Å². The van der Waals surface area contributed by atoms with Gasteiger partial charge in [-0.3, -0.25) is 4.90 Å². The predicted octanol–water partition coefficient (Wildman–Crippen LogP) is 3.19. The Hall–Kier alpha value is -1.20. The predicted molar refractivity (Wildman–Crippen MR) is 129 cm³/mol. The molecule has 0 bridgehead atoms. The lowest BCUT2D eigenvalue weighted by Gasteiger charge is -2.27. The lowest BCUT2D eigenvalue weighted by molar-refractivity contribution is 0.249. The van der Waals surface area contributed by atoms with Crippen LogP contribution in [0.25, 0.3) is 0 Å². The molecule has 29 heavy (non-hydrogen) atoms. The smallest absolute Gasteiger partial charge is 0.191 e. The van der Waals surface area contributed by atoms with E-state index in [1.807, 2.05) is 11.3 Å². The number of hydrogen-bond acceptors (Lipinski definition) is 5. The second-order valence-corrected chi connectivity index (χ2v) is 8.47. The summed E-state index contributed by atoms with van der Waals surface area (Å²) in [5, 5.41) is 17.8. The minimum absolute atomic E-state index is 0. The lowest BCUT2D eigenvalue weighted by Crippen LogP contribution is -2.42. The molecule has 9 heteroatoms. The van der Waals surface area contributed by atoms with Crippen LogP contribution in [0.1, 0.15) is 55.2 Å². The first-order valence-electron chi connectivity index (χ1n) is 10.6. The van der Waals surface area contributed by atoms with Crippen molar-refractivity contribution in [2.45, 2.75) is 58.2 Å². The average molecular weight is 529 g/mol. The molecule has 2 aromatic rings. The van der Waals surface area contributed by atoms with Gasteiger partial charge in [0.25, 0.3) is 0 Å². The van der Waals surface area contributed by atoms with Gasteiger partial charge < -0.3 is 15.2 Å². The Balaban J connectivity index is 0.00000240. The zero-order valence-electron chi connectivity index (χ0n) is 17.1. The van der Waals surface area contributed by atoms with E-state index in [1.54, 1.807) is 0 Å². The van der Waals surface area contributed by atoms with Crippen LogP contribution >= 0.6 is 35.3 Å². The van der Waals surface area contributed by atoms with Crippen molar-refractivity contribution < 1.29 is 0 Å². The van der Waals surface area contributed by atoms with Crippen molar-refractivity contribution in [3.8, 4) is 0 Å². The summed E-state index contributed by atoms with van der Waals surface area (Å²) in [5.41, 5.74) is 0. The molecule has 1 saturated heterocycles. The summed E-state index contributed by atoms with van der Waals surface area (Å²) in [6.45, 7) is 7.77. The summed E-state index contributed by atoms with van der Waals surface area (Å²) in [5.74, 6) is 2.94. The number of rotatable bonds is 7. The van der Waals surface area contributed by atoms with E-state index in [2.05, 4.69) is 54.7 Å². The summed E-state index contributed by atoms with van der Waals surface area (Å²) in [7, 11) is 0. The second-order valence-electron chi connectivity index (χ2n) is 7.49. The summed E-state index contributed by atoms with van der Waals surface area (Å²) in [6.07, 6.45) is 6.06. The molecular formula is C20H32IN7S. The maximum absolute atomic E-state index is 4.80. The van der Waals surface area contributed by atoms with Crippen LogP contribution in [0.2, 0.25) is 0 Å². The van der Waals surface area contributed by atoms with E-state index in [1.165, 1.54) is 43.6 Å². The van der Waals surface area contributed by atoms with Crippen LogP contribution in [0.4, 0.5) is 0 Å². The van der Waals surface area contributed by atoms with Gasteiger partial charge in [-0.2, -0.15) is 0 Å². The van der Waals surface area contributed by atoms with Crippen molar-refractivity contribution in [1.82, 2.24) is 30.3 Å². The number of fused-ring (bicyclic) bond motifs is 1. The van der Waals surface area contributed by atoms with Crippen LogP contribution in [0.15, 0.2) is 22.5 Å². The SMILES string of the molecule is CCNC(=NCc1nnc2n1CCCC2)NCC(c1cccs1)N1CCCC1.I. The van der Waals surface area contributed by atoms with E-state index in [9.17, 15) is 0 Å². The number of hydrogen-bond donors (Lipinski definition) is 2. The van der Waals surface area contributed by atoms with E-state index in [0.29, 0.717) is 12.6 Å². The van der Waals surface area contributed by atoms with Crippen molar-refractivity contribution in [2.75, 3.05) is 26.2 Å². The fourth-order valence-corrected chi connectivity index (χ4v) is 4.97. The fraction of sp³-hybridized carbons (Fsp3) is 0.650. The van der Waals surface area contributed by atoms with Crippen molar-refractivity contribution in [1.29, 1.82) is 0 Å². The Morgan fingerprint density at radius 3 is 2.76 bits per heavy atom. The van der Waals surface area contributed by atoms with Gasteiger partial charge >= 0.3 is 0 Å². The van der Waals surface area contributed by atoms with Crippen LogP contribution in [0.5, 0.6) is 0 Å². The van der Waals surface area contributed by atoms with Gasteiger partial charge in [0.2, 0.25) is 0 Å². The highest BCUT2D eigenvalue weighted by Crippen LogP contribution is 2.27. The third kappa shape index (κ3) is 5.69. The molecule has 4 heterocycles. The zero-order valence-corrected chi connectivity index (χ0v) is 20.3. The third-order valence-corrected chi connectivity index (χ3v) is 6.55. The molecule has 1 unspecified atom stereocenters. The molecule has 2 N–H and O–H groups in total. The highest BCUT2D eigenvalue weighted by atomic mass is 127. The van der Waals surface area contributed by atoms with Crippen LogP contribution in [-0.2, 0) is 19.5 Å². The Labute approximate surface area is 194 Å². The molecule has 0 spiro atoms. The normalized spacial score (nSPS) is 18.2. The first-order valence-corrected chi connectivity index (χ1v) is 11.4. The molecule has 160 valence electrons. The monoisotopic (exact) mass is 529 g/mol. The molecular weight excluding hydrogens is 497 g/mol. The first kappa shape index (κ1) is 22.5.